The summed E-state index contributed by atoms with van der Waals surface area (Å²) in [6.07, 6.45) is 11.8. The smallest absolute Gasteiger partial charge is 0.254 e. The van der Waals surface area contributed by atoms with Crippen molar-refractivity contribution in [2.24, 2.45) is 0 Å². The highest BCUT2D eigenvalue weighted by molar-refractivity contribution is 5.97. The van der Waals surface area contributed by atoms with Gasteiger partial charge in [0.2, 0.25) is 12.4 Å². The quantitative estimate of drug-likeness (QED) is 0.474. The van der Waals surface area contributed by atoms with E-state index in [4.69, 9.17) is 4.98 Å². The SMILES string of the molecule is O=CN(c1cc(C2=CC3CCCC(C2)N3C(=O)c2ccnc(F)c2)c2cc[nH]c2n1)C1CC1. The first kappa shape index (κ1) is 20.1. The predicted octanol–water partition coefficient (Wildman–Crippen LogP) is 4.07. The molecule has 1 N–H and O–H groups in total. The lowest BCUT2D eigenvalue weighted by Gasteiger charge is -2.45. The van der Waals surface area contributed by atoms with Gasteiger partial charge in [0.15, 0.2) is 0 Å². The number of hydrogen-bond acceptors (Lipinski definition) is 4. The molecule has 2 fully saturated rings. The summed E-state index contributed by atoms with van der Waals surface area (Å²) in [5.41, 5.74) is 3.32. The third-order valence-electron chi connectivity index (χ3n) is 7.02. The van der Waals surface area contributed by atoms with E-state index in [2.05, 4.69) is 16.0 Å². The monoisotopic (exact) mass is 445 g/mol. The summed E-state index contributed by atoms with van der Waals surface area (Å²) in [6, 6.07) is 7.03. The van der Waals surface area contributed by atoms with Gasteiger partial charge in [0, 0.05) is 41.5 Å². The fraction of sp³-hybridized carbons (Fsp3) is 0.360. The van der Waals surface area contributed by atoms with Gasteiger partial charge >= 0.3 is 0 Å². The van der Waals surface area contributed by atoms with Gasteiger partial charge in [-0.3, -0.25) is 14.5 Å². The van der Waals surface area contributed by atoms with Gasteiger partial charge in [-0.05, 0) is 67.9 Å². The molecule has 2 unspecified atom stereocenters. The minimum absolute atomic E-state index is 0.0451. The first-order chi connectivity index (χ1) is 16.1. The molecule has 3 aliphatic rings. The van der Waals surface area contributed by atoms with Gasteiger partial charge in [-0.1, -0.05) is 6.08 Å². The Kier molecular flexibility index (Phi) is 4.74. The number of carbonyl (C=O) groups is 2. The van der Waals surface area contributed by atoms with E-state index in [0.29, 0.717) is 17.8 Å². The summed E-state index contributed by atoms with van der Waals surface area (Å²) in [7, 11) is 0. The zero-order valence-corrected chi connectivity index (χ0v) is 18.1. The summed E-state index contributed by atoms with van der Waals surface area (Å²) < 4.78 is 13.6. The van der Waals surface area contributed by atoms with Crippen LogP contribution in [-0.4, -0.2) is 50.3 Å². The molecule has 33 heavy (non-hydrogen) atoms. The van der Waals surface area contributed by atoms with E-state index >= 15 is 0 Å². The summed E-state index contributed by atoms with van der Waals surface area (Å²) in [5, 5.41) is 1.01. The molecule has 3 aromatic rings. The second-order valence-corrected chi connectivity index (χ2v) is 9.14. The molecule has 1 aliphatic carbocycles. The number of hydrogen-bond donors (Lipinski definition) is 1. The first-order valence-electron chi connectivity index (χ1n) is 11.5. The van der Waals surface area contributed by atoms with Crippen LogP contribution < -0.4 is 4.90 Å². The molecular weight excluding hydrogens is 421 g/mol. The molecule has 0 aromatic carbocycles. The molecular formula is C25H24FN5O2. The lowest BCUT2D eigenvalue weighted by Crippen LogP contribution is -2.51. The highest BCUT2D eigenvalue weighted by Gasteiger charge is 2.38. The zero-order chi connectivity index (χ0) is 22.5. The van der Waals surface area contributed by atoms with E-state index in [-0.39, 0.29) is 24.0 Å². The van der Waals surface area contributed by atoms with Gasteiger partial charge in [0.25, 0.3) is 5.91 Å². The van der Waals surface area contributed by atoms with Gasteiger partial charge in [-0.2, -0.15) is 4.39 Å². The number of H-pyrrole nitrogens is 1. The average molecular weight is 445 g/mol. The van der Waals surface area contributed by atoms with Gasteiger partial charge in [0.1, 0.15) is 11.5 Å². The second kappa shape index (κ2) is 7.79. The Morgan fingerprint density at radius 3 is 2.85 bits per heavy atom. The van der Waals surface area contributed by atoms with Crippen LogP contribution in [0.3, 0.4) is 0 Å². The normalized spacial score (nSPS) is 22.2. The Morgan fingerprint density at radius 2 is 2.09 bits per heavy atom. The lowest BCUT2D eigenvalue weighted by molar-refractivity contribution is -0.107. The maximum Gasteiger partial charge on any atom is 0.254 e. The lowest BCUT2D eigenvalue weighted by atomic mass is 9.82. The number of carbonyl (C=O) groups excluding carboxylic acids is 2. The first-order valence-corrected chi connectivity index (χ1v) is 11.5. The number of nitrogens with zero attached hydrogens (tertiary/aromatic N) is 4. The molecule has 8 heteroatoms. The number of halogens is 1. The highest BCUT2D eigenvalue weighted by atomic mass is 19.1. The zero-order valence-electron chi connectivity index (χ0n) is 18.1. The number of rotatable bonds is 5. The third-order valence-corrected chi connectivity index (χ3v) is 7.02. The molecule has 0 spiro atoms. The molecule has 7 nitrogen and oxygen atoms in total. The van der Waals surface area contributed by atoms with E-state index in [0.717, 1.165) is 55.1 Å². The molecule has 168 valence electrons. The third kappa shape index (κ3) is 3.50. The van der Waals surface area contributed by atoms with Gasteiger partial charge < -0.3 is 9.88 Å². The number of anilines is 1. The standard InChI is InChI=1S/C25H24FN5O2/c26-22-12-15(6-8-27-22)25(33)31-18-2-1-3-19(31)11-16(10-18)21-13-23(30(14-32)17-4-5-17)29-24-20(21)7-9-28-24/h6-10,12-14,17-19H,1-5,11H2,(H,28,29). The maximum absolute atomic E-state index is 13.6. The number of aromatic amines is 1. The molecule has 2 atom stereocenters. The van der Waals surface area contributed by atoms with E-state index in [1.807, 2.05) is 23.2 Å². The number of fused-ring (bicyclic) bond motifs is 3. The van der Waals surface area contributed by atoms with Crippen LogP contribution in [0.2, 0.25) is 0 Å². The molecule has 2 amide bonds. The average Bonchev–Trinajstić information content (AvgIpc) is 3.53. The van der Waals surface area contributed by atoms with Crippen LogP contribution in [0.4, 0.5) is 10.2 Å². The Hall–Kier alpha value is -3.55. The molecule has 2 aliphatic heterocycles. The fourth-order valence-corrected chi connectivity index (χ4v) is 5.33. The minimum Gasteiger partial charge on any atom is -0.346 e. The van der Waals surface area contributed by atoms with Crippen molar-refractivity contribution in [2.75, 3.05) is 4.90 Å². The Labute approximate surface area is 190 Å². The number of aromatic nitrogens is 3. The van der Waals surface area contributed by atoms with E-state index < -0.39 is 5.95 Å². The molecule has 5 heterocycles. The highest BCUT2D eigenvalue weighted by Crippen LogP contribution is 2.41. The van der Waals surface area contributed by atoms with Crippen molar-refractivity contribution < 1.29 is 14.0 Å². The van der Waals surface area contributed by atoms with Crippen LogP contribution >= 0.6 is 0 Å². The van der Waals surface area contributed by atoms with Gasteiger partial charge in [-0.15, -0.1) is 0 Å². The topological polar surface area (TPSA) is 82.2 Å². The summed E-state index contributed by atoms with van der Waals surface area (Å²) in [6.45, 7) is 0. The van der Waals surface area contributed by atoms with Crippen molar-refractivity contribution in [3.63, 3.8) is 0 Å². The van der Waals surface area contributed by atoms with Crippen molar-refractivity contribution in [2.45, 2.75) is 56.7 Å². The molecule has 6 rings (SSSR count). The minimum atomic E-state index is -0.645. The fourth-order valence-electron chi connectivity index (χ4n) is 5.33. The number of piperidine rings is 1. The van der Waals surface area contributed by atoms with E-state index in [9.17, 15) is 14.0 Å². The van der Waals surface area contributed by atoms with Crippen LogP contribution in [0.5, 0.6) is 0 Å². The molecule has 0 radical (unpaired) electrons. The Bertz CT molecular complexity index is 1280. The van der Waals surface area contributed by atoms with Gasteiger partial charge in [-0.25, -0.2) is 9.97 Å². The van der Waals surface area contributed by atoms with E-state index in [1.165, 1.54) is 17.8 Å². The number of amides is 2. The van der Waals surface area contributed by atoms with E-state index in [1.54, 1.807) is 11.0 Å². The predicted molar refractivity (Wildman–Crippen MR) is 122 cm³/mol. The van der Waals surface area contributed by atoms with Crippen molar-refractivity contribution >= 4 is 34.7 Å². The molecule has 1 saturated carbocycles. The number of pyridine rings is 2. The Morgan fingerprint density at radius 1 is 1.21 bits per heavy atom. The van der Waals surface area contributed by atoms with Crippen LogP contribution in [0.25, 0.3) is 16.6 Å². The van der Waals surface area contributed by atoms with Gasteiger partial charge in [0.05, 0.1) is 6.04 Å². The second-order valence-electron chi connectivity index (χ2n) is 9.14. The maximum atomic E-state index is 13.6. The summed E-state index contributed by atoms with van der Waals surface area (Å²) in [4.78, 5) is 40.2. The van der Waals surface area contributed by atoms with Crippen LogP contribution in [0.15, 0.2) is 42.7 Å². The largest absolute Gasteiger partial charge is 0.346 e. The van der Waals surface area contributed by atoms with Crippen molar-refractivity contribution in [1.29, 1.82) is 0 Å². The molecule has 1 saturated heterocycles. The van der Waals surface area contributed by atoms with Crippen LogP contribution in [-0.2, 0) is 4.79 Å². The Balaban J connectivity index is 1.40. The molecule has 3 aromatic heterocycles. The summed E-state index contributed by atoms with van der Waals surface area (Å²) >= 11 is 0. The van der Waals surface area contributed by atoms with Crippen LogP contribution in [0.1, 0.15) is 54.4 Å². The van der Waals surface area contributed by atoms with Crippen molar-refractivity contribution in [3.05, 3.63) is 59.8 Å². The number of nitrogens with one attached hydrogen (secondary N) is 1. The van der Waals surface area contributed by atoms with Crippen LogP contribution in [0, 0.1) is 5.95 Å². The van der Waals surface area contributed by atoms with Crippen molar-refractivity contribution in [3.8, 4) is 0 Å². The van der Waals surface area contributed by atoms with Crippen molar-refractivity contribution in [1.82, 2.24) is 19.9 Å². The molecule has 2 bridgehead atoms. The summed E-state index contributed by atoms with van der Waals surface area (Å²) in [5.74, 6) is -0.132.